The van der Waals surface area contributed by atoms with E-state index in [1.807, 2.05) is 18.2 Å². The highest BCUT2D eigenvalue weighted by Gasteiger charge is 2.38. The Morgan fingerprint density at radius 3 is 2.52 bits per heavy atom. The van der Waals surface area contributed by atoms with Crippen LogP contribution in [0.25, 0.3) is 0 Å². The van der Waals surface area contributed by atoms with Crippen LogP contribution in [0.3, 0.4) is 0 Å². The molecule has 0 N–H and O–H groups in total. The third-order valence-corrected chi connectivity index (χ3v) is 8.21. The monoisotopic (exact) mass is 384 g/mol. The van der Waals surface area contributed by atoms with Gasteiger partial charge in [-0.15, -0.1) is 23.5 Å². The zero-order valence-electron chi connectivity index (χ0n) is 15.4. The molecule has 2 fully saturated rings. The summed E-state index contributed by atoms with van der Waals surface area (Å²) < 4.78 is 23.8. The Morgan fingerprint density at radius 1 is 1.12 bits per heavy atom. The fourth-order valence-electron chi connectivity index (χ4n) is 3.43. The largest absolute Gasteiger partial charge is 0.493 e. The second-order valence-corrected chi connectivity index (χ2v) is 9.48. The molecule has 6 heteroatoms. The highest BCUT2D eigenvalue weighted by molar-refractivity contribution is 8.17. The molecule has 3 rings (SSSR count). The van der Waals surface area contributed by atoms with Gasteiger partial charge in [0, 0.05) is 17.4 Å². The van der Waals surface area contributed by atoms with Crippen LogP contribution in [0.15, 0.2) is 18.2 Å². The Labute approximate surface area is 159 Å². The van der Waals surface area contributed by atoms with Crippen molar-refractivity contribution < 1.29 is 18.9 Å². The van der Waals surface area contributed by atoms with Gasteiger partial charge in [0.05, 0.1) is 31.5 Å². The number of thioether (sulfide) groups is 2. The van der Waals surface area contributed by atoms with Crippen molar-refractivity contribution in [2.75, 3.05) is 32.3 Å². The molecule has 0 aromatic heterocycles. The van der Waals surface area contributed by atoms with Crippen LogP contribution in [0.1, 0.15) is 32.1 Å². The minimum atomic E-state index is -0.345. The molecule has 25 heavy (non-hydrogen) atoms. The molecule has 0 bridgehead atoms. The first kappa shape index (κ1) is 19.2. The average Bonchev–Trinajstić information content (AvgIpc) is 2.68. The van der Waals surface area contributed by atoms with Crippen molar-refractivity contribution in [3.05, 3.63) is 23.8 Å². The molecule has 0 spiro atoms. The molecular formula is C19H28O4S2. The third kappa shape index (κ3) is 4.41. The van der Waals surface area contributed by atoms with E-state index in [2.05, 4.69) is 37.4 Å². The second kappa shape index (κ2) is 8.89. The number of methoxy groups -OCH3 is 2. The number of ether oxygens (including phenoxy) is 4. The average molecular weight is 385 g/mol. The van der Waals surface area contributed by atoms with Gasteiger partial charge in [-0.2, -0.15) is 0 Å². The number of hydrogen-bond acceptors (Lipinski definition) is 6. The van der Waals surface area contributed by atoms with Crippen LogP contribution in [0.2, 0.25) is 0 Å². The highest BCUT2D eigenvalue weighted by atomic mass is 32.2. The van der Waals surface area contributed by atoms with Crippen LogP contribution in [0, 0.1) is 11.8 Å². The Morgan fingerprint density at radius 2 is 1.84 bits per heavy atom. The molecule has 4 nitrogen and oxygen atoms in total. The maximum absolute atomic E-state index is 6.43. The summed E-state index contributed by atoms with van der Waals surface area (Å²) in [6.45, 7) is 5.27. The smallest absolute Gasteiger partial charge is 0.184 e. The first-order valence-corrected chi connectivity index (χ1v) is 11.0. The van der Waals surface area contributed by atoms with Gasteiger partial charge in [0.25, 0.3) is 0 Å². The molecule has 1 aromatic rings. The quantitative estimate of drug-likeness (QED) is 0.739. The van der Waals surface area contributed by atoms with E-state index >= 15 is 0 Å². The summed E-state index contributed by atoms with van der Waals surface area (Å²) in [6.07, 6.45) is 1.17. The molecule has 0 aliphatic carbocycles. The summed E-state index contributed by atoms with van der Waals surface area (Å²) in [5.41, 5.74) is 0.978. The van der Waals surface area contributed by atoms with Gasteiger partial charge in [-0.3, -0.25) is 0 Å². The third-order valence-electron chi connectivity index (χ3n) is 4.83. The van der Waals surface area contributed by atoms with Crippen LogP contribution in [-0.4, -0.2) is 43.0 Å². The second-order valence-electron chi connectivity index (χ2n) is 6.68. The Hall–Kier alpha value is -0.560. The summed E-state index contributed by atoms with van der Waals surface area (Å²) in [4.78, 5) is 0. The lowest BCUT2D eigenvalue weighted by molar-refractivity contribution is -0.248. The number of hydrogen-bond donors (Lipinski definition) is 0. The zero-order chi connectivity index (χ0) is 17.8. The molecule has 0 amide bonds. The molecule has 2 saturated heterocycles. The summed E-state index contributed by atoms with van der Waals surface area (Å²) in [6, 6.07) is 5.85. The summed E-state index contributed by atoms with van der Waals surface area (Å²) >= 11 is 4.16. The van der Waals surface area contributed by atoms with Gasteiger partial charge in [-0.25, -0.2) is 0 Å². The fraction of sp³-hybridized carbons (Fsp3) is 0.684. The van der Waals surface area contributed by atoms with Crippen molar-refractivity contribution >= 4 is 23.5 Å². The standard InChI is InChI=1S/C19H28O4S2/c1-12-11-22-18(14-6-7-15(20-3)16(10-14)21-4)23-17(12)13(2)19-24-8-5-9-25-19/h6-7,10,12-13,17-19H,5,8-9,11H2,1-4H3/t12-,13+,17+,18?/m1/s1. The molecular weight excluding hydrogens is 356 g/mol. The Balaban J connectivity index is 1.73. The van der Waals surface area contributed by atoms with Crippen molar-refractivity contribution in [2.45, 2.75) is 37.2 Å². The van der Waals surface area contributed by atoms with Crippen LogP contribution in [0.5, 0.6) is 11.5 Å². The van der Waals surface area contributed by atoms with Crippen molar-refractivity contribution in [2.24, 2.45) is 11.8 Å². The fourth-order valence-corrected chi connectivity index (χ4v) is 6.58. The molecule has 2 aliphatic rings. The van der Waals surface area contributed by atoms with Gasteiger partial charge in [-0.05, 0) is 30.1 Å². The zero-order valence-corrected chi connectivity index (χ0v) is 17.0. The van der Waals surface area contributed by atoms with E-state index in [0.717, 1.165) is 17.9 Å². The molecule has 0 saturated carbocycles. The van der Waals surface area contributed by atoms with Crippen LogP contribution in [-0.2, 0) is 9.47 Å². The van der Waals surface area contributed by atoms with E-state index in [-0.39, 0.29) is 12.4 Å². The minimum absolute atomic E-state index is 0.204. The van der Waals surface area contributed by atoms with Gasteiger partial charge in [0.2, 0.25) is 0 Å². The highest BCUT2D eigenvalue weighted by Crippen LogP contribution is 2.43. The van der Waals surface area contributed by atoms with E-state index < -0.39 is 0 Å². The van der Waals surface area contributed by atoms with Gasteiger partial charge < -0.3 is 18.9 Å². The van der Waals surface area contributed by atoms with Gasteiger partial charge in [-0.1, -0.05) is 19.9 Å². The normalized spacial score (nSPS) is 29.2. The van der Waals surface area contributed by atoms with Gasteiger partial charge in [0.15, 0.2) is 17.8 Å². The van der Waals surface area contributed by atoms with Crippen molar-refractivity contribution in [3.63, 3.8) is 0 Å². The first-order chi connectivity index (χ1) is 12.1. The van der Waals surface area contributed by atoms with Crippen LogP contribution < -0.4 is 9.47 Å². The van der Waals surface area contributed by atoms with Crippen LogP contribution in [0.4, 0.5) is 0 Å². The number of benzene rings is 1. The summed E-state index contributed by atoms with van der Waals surface area (Å²) in [5.74, 6) is 4.84. The molecule has 140 valence electrons. The Kier molecular flexibility index (Phi) is 6.83. The van der Waals surface area contributed by atoms with Crippen LogP contribution >= 0.6 is 23.5 Å². The predicted octanol–water partition coefficient (Wildman–Crippen LogP) is 4.59. The maximum Gasteiger partial charge on any atom is 0.184 e. The molecule has 2 aliphatic heterocycles. The predicted molar refractivity (Wildman–Crippen MR) is 105 cm³/mol. The van der Waals surface area contributed by atoms with E-state index in [9.17, 15) is 0 Å². The summed E-state index contributed by atoms with van der Waals surface area (Å²) in [7, 11) is 3.29. The lowest BCUT2D eigenvalue weighted by Gasteiger charge is -2.41. The topological polar surface area (TPSA) is 36.9 Å². The number of rotatable bonds is 5. The minimum Gasteiger partial charge on any atom is -0.493 e. The molecule has 1 aromatic carbocycles. The van der Waals surface area contributed by atoms with E-state index in [4.69, 9.17) is 18.9 Å². The molecule has 2 heterocycles. The first-order valence-electron chi connectivity index (χ1n) is 8.86. The van der Waals surface area contributed by atoms with E-state index in [1.165, 1.54) is 17.9 Å². The lowest BCUT2D eigenvalue weighted by Crippen LogP contribution is -2.42. The maximum atomic E-state index is 6.43. The molecule has 1 unspecified atom stereocenters. The SMILES string of the molecule is COc1ccc(C2OC[C@@H](C)[C@@H]([C@H](C)C3SCCCS3)O2)cc1OC. The molecule has 4 atom stereocenters. The lowest BCUT2D eigenvalue weighted by atomic mass is 9.93. The van der Waals surface area contributed by atoms with Gasteiger partial charge in [0.1, 0.15) is 0 Å². The van der Waals surface area contributed by atoms with E-state index in [0.29, 0.717) is 22.2 Å². The van der Waals surface area contributed by atoms with Crippen molar-refractivity contribution in [1.29, 1.82) is 0 Å². The van der Waals surface area contributed by atoms with E-state index in [1.54, 1.807) is 14.2 Å². The Bertz CT molecular complexity index is 562. The van der Waals surface area contributed by atoms with Crippen molar-refractivity contribution in [1.82, 2.24) is 0 Å². The van der Waals surface area contributed by atoms with Gasteiger partial charge >= 0.3 is 0 Å². The molecule has 0 radical (unpaired) electrons. The van der Waals surface area contributed by atoms with Crippen molar-refractivity contribution in [3.8, 4) is 11.5 Å². The summed E-state index contributed by atoms with van der Waals surface area (Å²) in [5, 5.41) is 0.